The normalized spacial score (nSPS) is 11.0. The minimum atomic E-state index is 0.246. The fraction of sp³-hybridized carbons (Fsp3) is 0.438. The van der Waals surface area contributed by atoms with Gasteiger partial charge in [-0.1, -0.05) is 13.8 Å². The van der Waals surface area contributed by atoms with Crippen molar-refractivity contribution in [1.82, 2.24) is 14.8 Å². The van der Waals surface area contributed by atoms with Crippen LogP contribution in [0.15, 0.2) is 0 Å². The fourth-order valence-corrected chi connectivity index (χ4v) is 2.84. The van der Waals surface area contributed by atoms with Crippen molar-refractivity contribution in [2.24, 2.45) is 7.05 Å². The summed E-state index contributed by atoms with van der Waals surface area (Å²) in [6.45, 7) is 10.1. The fourth-order valence-electron chi connectivity index (χ4n) is 2.84. The number of aromatic nitrogens is 3. The van der Waals surface area contributed by atoms with Crippen LogP contribution in [0.25, 0.3) is 11.1 Å². The third-order valence-electron chi connectivity index (χ3n) is 3.92. The van der Waals surface area contributed by atoms with Crippen molar-refractivity contribution >= 4 is 5.82 Å². The van der Waals surface area contributed by atoms with Crippen molar-refractivity contribution in [2.45, 2.75) is 40.5 Å². The summed E-state index contributed by atoms with van der Waals surface area (Å²) in [7, 11) is 1.90. The smallest absolute Gasteiger partial charge is 0.142 e. The van der Waals surface area contributed by atoms with Gasteiger partial charge in [0.15, 0.2) is 0 Å². The number of nitrogens with two attached hydrogens (primary N) is 1. The largest absolute Gasteiger partial charge is 0.383 e. The van der Waals surface area contributed by atoms with Crippen molar-refractivity contribution < 1.29 is 0 Å². The average molecular weight is 283 g/mol. The second kappa shape index (κ2) is 5.21. The minimum Gasteiger partial charge on any atom is -0.383 e. The Kier molecular flexibility index (Phi) is 3.73. The summed E-state index contributed by atoms with van der Waals surface area (Å²) in [4.78, 5) is 4.42. The first-order valence-corrected chi connectivity index (χ1v) is 7.00. The van der Waals surface area contributed by atoms with E-state index < -0.39 is 0 Å². The molecule has 2 N–H and O–H groups in total. The number of hydrogen-bond acceptors (Lipinski definition) is 4. The quantitative estimate of drug-likeness (QED) is 0.918. The monoisotopic (exact) mass is 283 g/mol. The van der Waals surface area contributed by atoms with Crippen molar-refractivity contribution in [3.8, 4) is 17.2 Å². The molecule has 0 saturated carbocycles. The van der Waals surface area contributed by atoms with Gasteiger partial charge in [0.1, 0.15) is 17.5 Å². The van der Waals surface area contributed by atoms with Crippen LogP contribution in [0.1, 0.15) is 48.0 Å². The van der Waals surface area contributed by atoms with Crippen molar-refractivity contribution in [3.05, 3.63) is 28.2 Å². The predicted molar refractivity (Wildman–Crippen MR) is 83.9 cm³/mol. The summed E-state index contributed by atoms with van der Waals surface area (Å²) in [5.41, 5.74) is 12.2. The molecule has 0 atom stereocenters. The van der Waals surface area contributed by atoms with E-state index in [0.717, 1.165) is 33.8 Å². The van der Waals surface area contributed by atoms with Gasteiger partial charge in [-0.2, -0.15) is 10.4 Å². The van der Waals surface area contributed by atoms with E-state index in [1.165, 1.54) is 0 Å². The number of nitrogen functional groups attached to an aromatic ring is 1. The Bertz CT molecular complexity index is 747. The van der Waals surface area contributed by atoms with Crippen LogP contribution >= 0.6 is 0 Å². The minimum absolute atomic E-state index is 0.246. The summed E-state index contributed by atoms with van der Waals surface area (Å²) in [5.74, 6) is 0.542. The number of pyridine rings is 1. The molecule has 2 rings (SSSR count). The van der Waals surface area contributed by atoms with Gasteiger partial charge in [0.05, 0.1) is 5.69 Å². The van der Waals surface area contributed by atoms with Crippen LogP contribution in [0.3, 0.4) is 0 Å². The second-order valence-electron chi connectivity index (χ2n) is 5.69. The van der Waals surface area contributed by atoms with Crippen LogP contribution in [-0.2, 0) is 7.05 Å². The summed E-state index contributed by atoms with van der Waals surface area (Å²) < 4.78 is 1.83. The first-order valence-electron chi connectivity index (χ1n) is 7.00. The Labute approximate surface area is 125 Å². The summed E-state index contributed by atoms with van der Waals surface area (Å²) >= 11 is 0. The lowest BCUT2D eigenvalue weighted by Crippen LogP contribution is -2.07. The topological polar surface area (TPSA) is 80.5 Å². The van der Waals surface area contributed by atoms with Gasteiger partial charge in [-0.3, -0.25) is 4.68 Å². The zero-order valence-corrected chi connectivity index (χ0v) is 13.4. The first-order chi connectivity index (χ1) is 9.79. The van der Waals surface area contributed by atoms with Crippen molar-refractivity contribution in [3.63, 3.8) is 0 Å². The molecule has 2 heterocycles. The van der Waals surface area contributed by atoms with E-state index in [1.54, 1.807) is 0 Å². The Balaban J connectivity index is 2.94. The average Bonchev–Trinajstić information content (AvgIpc) is 2.65. The number of nitriles is 1. The van der Waals surface area contributed by atoms with E-state index in [-0.39, 0.29) is 5.92 Å². The van der Waals surface area contributed by atoms with E-state index in [2.05, 4.69) is 30.0 Å². The molecule has 0 spiro atoms. The molecule has 2 aromatic rings. The molecule has 5 heteroatoms. The van der Waals surface area contributed by atoms with Gasteiger partial charge in [-0.05, 0) is 32.3 Å². The molecular formula is C16H21N5. The summed E-state index contributed by atoms with van der Waals surface area (Å²) in [5, 5.41) is 14.0. The molecule has 0 fully saturated rings. The molecule has 110 valence electrons. The highest BCUT2D eigenvalue weighted by Gasteiger charge is 2.23. The molecule has 0 aliphatic heterocycles. The molecule has 0 radical (unpaired) electrons. The Morgan fingerprint density at radius 1 is 1.19 bits per heavy atom. The third kappa shape index (κ3) is 2.27. The molecule has 0 bridgehead atoms. The van der Waals surface area contributed by atoms with Crippen LogP contribution in [0.2, 0.25) is 0 Å². The second-order valence-corrected chi connectivity index (χ2v) is 5.69. The van der Waals surface area contributed by atoms with Gasteiger partial charge >= 0.3 is 0 Å². The molecule has 0 aromatic carbocycles. The maximum Gasteiger partial charge on any atom is 0.142 e. The number of hydrogen-bond donors (Lipinski definition) is 1. The van der Waals surface area contributed by atoms with Gasteiger partial charge in [0, 0.05) is 29.6 Å². The van der Waals surface area contributed by atoms with E-state index in [0.29, 0.717) is 11.4 Å². The van der Waals surface area contributed by atoms with Gasteiger partial charge < -0.3 is 5.73 Å². The van der Waals surface area contributed by atoms with Gasteiger partial charge in [0.2, 0.25) is 0 Å². The molecule has 0 amide bonds. The van der Waals surface area contributed by atoms with Crippen LogP contribution in [0.4, 0.5) is 5.82 Å². The molecule has 0 unspecified atom stereocenters. The number of aryl methyl sites for hydroxylation is 2. The van der Waals surface area contributed by atoms with Crippen LogP contribution in [0, 0.1) is 32.1 Å². The maximum atomic E-state index is 9.51. The van der Waals surface area contributed by atoms with Gasteiger partial charge in [-0.15, -0.1) is 0 Å². The highest BCUT2D eigenvalue weighted by atomic mass is 15.3. The van der Waals surface area contributed by atoms with E-state index in [9.17, 15) is 5.26 Å². The first kappa shape index (κ1) is 15.0. The van der Waals surface area contributed by atoms with E-state index >= 15 is 0 Å². The lowest BCUT2D eigenvalue weighted by Gasteiger charge is -2.17. The Hall–Kier alpha value is -2.35. The number of rotatable bonds is 2. The lowest BCUT2D eigenvalue weighted by molar-refractivity contribution is 0.731. The third-order valence-corrected chi connectivity index (χ3v) is 3.92. The van der Waals surface area contributed by atoms with E-state index in [4.69, 9.17) is 5.73 Å². The number of nitrogens with zero attached hydrogens (tertiary/aromatic N) is 4. The maximum absolute atomic E-state index is 9.51. The standard InChI is InChI=1S/C16H21N5/c1-8(2)15-9(3)13(12(7-17)16(18)19-15)14-10(4)20-21(6)11(14)5/h8H,1-6H3,(H2,18,19). The molecule has 2 aromatic heterocycles. The zero-order chi connectivity index (χ0) is 15.9. The molecular weight excluding hydrogens is 262 g/mol. The molecule has 0 saturated heterocycles. The molecule has 21 heavy (non-hydrogen) atoms. The zero-order valence-electron chi connectivity index (χ0n) is 13.4. The Morgan fingerprint density at radius 3 is 2.24 bits per heavy atom. The molecule has 0 aliphatic rings. The van der Waals surface area contributed by atoms with E-state index in [1.807, 2.05) is 32.5 Å². The molecule has 5 nitrogen and oxygen atoms in total. The highest BCUT2D eigenvalue weighted by molar-refractivity contribution is 5.81. The van der Waals surface area contributed by atoms with Crippen molar-refractivity contribution in [1.29, 1.82) is 5.26 Å². The van der Waals surface area contributed by atoms with Crippen LogP contribution in [0.5, 0.6) is 0 Å². The summed E-state index contributed by atoms with van der Waals surface area (Å²) in [6.07, 6.45) is 0. The van der Waals surface area contributed by atoms with Crippen LogP contribution in [-0.4, -0.2) is 14.8 Å². The van der Waals surface area contributed by atoms with Crippen molar-refractivity contribution in [2.75, 3.05) is 5.73 Å². The van der Waals surface area contributed by atoms with Gasteiger partial charge in [0.25, 0.3) is 0 Å². The summed E-state index contributed by atoms with van der Waals surface area (Å²) in [6, 6.07) is 2.21. The predicted octanol–water partition coefficient (Wildman–Crippen LogP) is 2.98. The van der Waals surface area contributed by atoms with Crippen LogP contribution < -0.4 is 5.73 Å². The number of anilines is 1. The highest BCUT2D eigenvalue weighted by Crippen LogP contribution is 2.37. The van der Waals surface area contributed by atoms with Gasteiger partial charge in [-0.25, -0.2) is 4.98 Å². The molecule has 0 aliphatic carbocycles. The lowest BCUT2D eigenvalue weighted by atomic mass is 9.91. The Morgan fingerprint density at radius 2 is 1.81 bits per heavy atom. The SMILES string of the molecule is Cc1nn(C)c(C)c1-c1c(C)c(C(C)C)nc(N)c1C#N.